The van der Waals surface area contributed by atoms with Crippen LogP contribution in [0, 0.1) is 0 Å². The van der Waals surface area contributed by atoms with Gasteiger partial charge in [-0.3, -0.25) is 0 Å². The van der Waals surface area contributed by atoms with Gasteiger partial charge in [-0.05, 0) is 12.8 Å². The van der Waals surface area contributed by atoms with E-state index >= 15 is 0 Å². The maximum atomic E-state index is 11.3. The minimum absolute atomic E-state index is 0.215. The summed E-state index contributed by atoms with van der Waals surface area (Å²) in [7, 11) is 0. The summed E-state index contributed by atoms with van der Waals surface area (Å²) in [4.78, 5) is 11.3. The molecule has 0 saturated heterocycles. The van der Waals surface area contributed by atoms with Crippen LogP contribution < -0.4 is 0 Å². The predicted molar refractivity (Wildman–Crippen MR) is 49.4 cm³/mol. The molecule has 0 aromatic carbocycles. The van der Waals surface area contributed by atoms with Crippen molar-refractivity contribution in [1.82, 2.24) is 0 Å². The highest BCUT2D eigenvalue weighted by molar-refractivity contribution is 5.88. The molecule has 0 radical (unpaired) electrons. The van der Waals surface area contributed by atoms with Gasteiger partial charge in [0.05, 0.1) is 25.4 Å². The van der Waals surface area contributed by atoms with Gasteiger partial charge in [-0.1, -0.05) is 19.4 Å². The van der Waals surface area contributed by atoms with Crippen molar-refractivity contribution in [2.45, 2.75) is 26.2 Å². The Bertz CT molecular complexity index is 196. The van der Waals surface area contributed by atoms with Crippen molar-refractivity contribution < 1.29 is 14.3 Å². The average molecular weight is 184 g/mol. The van der Waals surface area contributed by atoms with Crippen LogP contribution in [-0.4, -0.2) is 25.8 Å². The molecule has 3 nitrogen and oxygen atoms in total. The highest BCUT2D eigenvalue weighted by atomic mass is 16.5. The third-order valence-corrected chi connectivity index (χ3v) is 1.90. The molecule has 74 valence electrons. The summed E-state index contributed by atoms with van der Waals surface area (Å²) in [5.74, 6) is -0.215. The van der Waals surface area contributed by atoms with E-state index in [1.165, 1.54) is 0 Å². The van der Waals surface area contributed by atoms with E-state index in [-0.39, 0.29) is 5.97 Å². The molecule has 0 saturated carbocycles. The molecule has 0 aromatic rings. The van der Waals surface area contributed by atoms with E-state index < -0.39 is 0 Å². The first-order valence-corrected chi connectivity index (χ1v) is 4.78. The van der Waals surface area contributed by atoms with Gasteiger partial charge in [0.1, 0.15) is 0 Å². The van der Waals surface area contributed by atoms with Crippen LogP contribution in [0.25, 0.3) is 0 Å². The molecule has 0 aliphatic carbocycles. The molecule has 0 N–H and O–H groups in total. The topological polar surface area (TPSA) is 35.5 Å². The molecule has 0 aromatic heterocycles. The Balaban J connectivity index is 2.25. The molecule has 0 unspecified atom stereocenters. The molecule has 0 fully saturated rings. The monoisotopic (exact) mass is 184 g/mol. The zero-order chi connectivity index (χ0) is 9.52. The summed E-state index contributed by atoms with van der Waals surface area (Å²) in [5.41, 5.74) is 0.669. The molecule has 1 rings (SSSR count). The van der Waals surface area contributed by atoms with Crippen molar-refractivity contribution in [3.8, 4) is 0 Å². The summed E-state index contributed by atoms with van der Waals surface area (Å²) in [6, 6.07) is 0. The van der Waals surface area contributed by atoms with Gasteiger partial charge >= 0.3 is 5.97 Å². The van der Waals surface area contributed by atoms with Crippen molar-refractivity contribution in [3.05, 3.63) is 11.6 Å². The number of unbranched alkanes of at least 4 members (excludes halogenated alkanes) is 1. The van der Waals surface area contributed by atoms with E-state index in [1.807, 2.05) is 6.08 Å². The summed E-state index contributed by atoms with van der Waals surface area (Å²) >= 11 is 0. The Hall–Kier alpha value is -0.830. The molecule has 0 amide bonds. The molecular formula is C10H16O3. The predicted octanol–water partition coefficient (Wildman–Crippen LogP) is 1.68. The normalized spacial score (nSPS) is 16.5. The number of carbonyl (C=O) groups excluding carboxylic acids is 1. The standard InChI is InChI=1S/C10H16O3/c1-2-3-7-13-10(11)9-5-4-6-12-8-9/h5H,2-4,6-8H2,1H3. The number of hydrogen-bond donors (Lipinski definition) is 0. The summed E-state index contributed by atoms with van der Waals surface area (Å²) < 4.78 is 10.2. The van der Waals surface area contributed by atoms with Crippen molar-refractivity contribution in [2.75, 3.05) is 19.8 Å². The lowest BCUT2D eigenvalue weighted by Gasteiger charge is -2.12. The first-order chi connectivity index (χ1) is 6.34. The van der Waals surface area contributed by atoms with Crippen LogP contribution in [0.2, 0.25) is 0 Å². The van der Waals surface area contributed by atoms with Crippen molar-refractivity contribution in [3.63, 3.8) is 0 Å². The number of rotatable bonds is 4. The summed E-state index contributed by atoms with van der Waals surface area (Å²) in [6.07, 6.45) is 4.69. The molecular weight excluding hydrogens is 168 g/mol. The van der Waals surface area contributed by atoms with Gasteiger partial charge in [-0.15, -0.1) is 0 Å². The Morgan fingerprint density at radius 2 is 2.54 bits per heavy atom. The second-order valence-electron chi connectivity index (χ2n) is 3.06. The highest BCUT2D eigenvalue weighted by Crippen LogP contribution is 2.07. The van der Waals surface area contributed by atoms with E-state index in [9.17, 15) is 4.79 Å². The maximum absolute atomic E-state index is 11.3. The number of carbonyl (C=O) groups is 1. The van der Waals surface area contributed by atoms with Gasteiger partial charge in [-0.2, -0.15) is 0 Å². The van der Waals surface area contributed by atoms with Crippen molar-refractivity contribution in [2.24, 2.45) is 0 Å². The van der Waals surface area contributed by atoms with E-state index in [1.54, 1.807) is 0 Å². The Morgan fingerprint density at radius 3 is 3.15 bits per heavy atom. The third kappa shape index (κ3) is 3.59. The maximum Gasteiger partial charge on any atom is 0.336 e. The van der Waals surface area contributed by atoms with Crippen LogP contribution in [0.4, 0.5) is 0 Å². The average Bonchev–Trinajstić information content (AvgIpc) is 2.19. The highest BCUT2D eigenvalue weighted by Gasteiger charge is 2.13. The summed E-state index contributed by atoms with van der Waals surface area (Å²) in [5, 5.41) is 0. The molecule has 1 heterocycles. The molecule has 3 heteroatoms. The van der Waals surface area contributed by atoms with Crippen molar-refractivity contribution >= 4 is 5.97 Å². The van der Waals surface area contributed by atoms with E-state index in [0.29, 0.717) is 25.4 Å². The molecule has 0 atom stereocenters. The fourth-order valence-electron chi connectivity index (χ4n) is 1.10. The van der Waals surface area contributed by atoms with Gasteiger partial charge in [0.25, 0.3) is 0 Å². The zero-order valence-corrected chi connectivity index (χ0v) is 8.04. The minimum atomic E-state index is -0.215. The van der Waals surface area contributed by atoms with Crippen LogP contribution in [0.1, 0.15) is 26.2 Å². The van der Waals surface area contributed by atoms with Gasteiger partial charge in [0.15, 0.2) is 0 Å². The smallest absolute Gasteiger partial charge is 0.336 e. The fraction of sp³-hybridized carbons (Fsp3) is 0.700. The zero-order valence-electron chi connectivity index (χ0n) is 8.04. The van der Waals surface area contributed by atoms with E-state index in [4.69, 9.17) is 9.47 Å². The van der Waals surface area contributed by atoms with Gasteiger partial charge in [0, 0.05) is 0 Å². The van der Waals surface area contributed by atoms with Crippen molar-refractivity contribution in [1.29, 1.82) is 0 Å². The van der Waals surface area contributed by atoms with Crippen LogP contribution in [0.15, 0.2) is 11.6 Å². The van der Waals surface area contributed by atoms with Gasteiger partial charge in [0.2, 0.25) is 0 Å². The molecule has 1 aliphatic heterocycles. The molecule has 0 spiro atoms. The number of ether oxygens (including phenoxy) is 2. The number of esters is 1. The largest absolute Gasteiger partial charge is 0.462 e. The van der Waals surface area contributed by atoms with Crippen LogP contribution in [0.5, 0.6) is 0 Å². The van der Waals surface area contributed by atoms with Gasteiger partial charge in [-0.25, -0.2) is 4.79 Å². The Labute approximate surface area is 78.7 Å². The first-order valence-electron chi connectivity index (χ1n) is 4.78. The molecule has 13 heavy (non-hydrogen) atoms. The summed E-state index contributed by atoms with van der Waals surface area (Å²) in [6.45, 7) is 3.71. The Kier molecular flexibility index (Phi) is 4.54. The quantitative estimate of drug-likeness (QED) is 0.492. The lowest BCUT2D eigenvalue weighted by molar-refractivity contribution is -0.140. The lowest BCUT2D eigenvalue weighted by Crippen LogP contribution is -2.16. The fourth-order valence-corrected chi connectivity index (χ4v) is 1.10. The number of hydrogen-bond acceptors (Lipinski definition) is 3. The SMILES string of the molecule is CCCCOC(=O)C1=CCCOC1. The van der Waals surface area contributed by atoms with Crippen LogP contribution in [0.3, 0.4) is 0 Å². The lowest BCUT2D eigenvalue weighted by atomic mass is 10.2. The second-order valence-corrected chi connectivity index (χ2v) is 3.06. The first kappa shape index (κ1) is 10.3. The second kappa shape index (κ2) is 5.75. The third-order valence-electron chi connectivity index (χ3n) is 1.90. The molecule has 0 bridgehead atoms. The van der Waals surface area contributed by atoms with Crippen LogP contribution >= 0.6 is 0 Å². The Morgan fingerprint density at radius 1 is 1.69 bits per heavy atom. The van der Waals surface area contributed by atoms with Crippen LogP contribution in [-0.2, 0) is 14.3 Å². The minimum Gasteiger partial charge on any atom is -0.462 e. The molecule has 1 aliphatic rings. The van der Waals surface area contributed by atoms with E-state index in [0.717, 1.165) is 19.3 Å². The van der Waals surface area contributed by atoms with Gasteiger partial charge < -0.3 is 9.47 Å². The van der Waals surface area contributed by atoms with E-state index in [2.05, 4.69) is 6.92 Å².